The van der Waals surface area contributed by atoms with Gasteiger partial charge in [-0.15, -0.1) is 0 Å². The Kier molecular flexibility index (Phi) is 5.18. The molecule has 0 aliphatic heterocycles. The van der Waals surface area contributed by atoms with Crippen molar-refractivity contribution in [3.63, 3.8) is 0 Å². The van der Waals surface area contributed by atoms with Crippen LogP contribution in [-0.2, 0) is 17.6 Å². The topological polar surface area (TPSA) is 136 Å². The summed E-state index contributed by atoms with van der Waals surface area (Å²) in [6, 6.07) is 7.20. The van der Waals surface area contributed by atoms with Crippen LogP contribution in [0.1, 0.15) is 18.1 Å². The third kappa shape index (κ3) is 4.29. The molecule has 0 aromatic carbocycles. The summed E-state index contributed by atoms with van der Waals surface area (Å²) in [4.78, 5) is 24.6. The van der Waals surface area contributed by atoms with Gasteiger partial charge in [0.15, 0.2) is 11.6 Å². The van der Waals surface area contributed by atoms with Crippen LogP contribution in [0.25, 0.3) is 23.0 Å². The van der Waals surface area contributed by atoms with E-state index < -0.39 is 0 Å². The molecule has 4 aromatic heterocycles. The monoisotopic (exact) mass is 379 g/mol. The number of nitrogens with zero attached hydrogens (tertiary/aromatic N) is 5. The van der Waals surface area contributed by atoms with Gasteiger partial charge in [-0.05, 0) is 24.3 Å². The third-order valence-corrected chi connectivity index (χ3v) is 3.91. The highest BCUT2D eigenvalue weighted by molar-refractivity contribution is 5.76. The van der Waals surface area contributed by atoms with Crippen molar-refractivity contribution in [2.24, 2.45) is 0 Å². The second-order valence-corrected chi connectivity index (χ2v) is 5.94. The summed E-state index contributed by atoms with van der Waals surface area (Å²) in [5, 5.41) is 13.7. The molecule has 0 saturated carbocycles. The number of rotatable bonds is 8. The first kappa shape index (κ1) is 17.6. The number of pyridine rings is 1. The van der Waals surface area contributed by atoms with Crippen LogP contribution in [0, 0.1) is 0 Å². The Morgan fingerprint density at radius 2 is 2.11 bits per heavy atom. The van der Waals surface area contributed by atoms with Crippen LogP contribution < -0.4 is 5.32 Å². The fourth-order valence-electron chi connectivity index (χ4n) is 2.52. The lowest BCUT2D eigenvalue weighted by molar-refractivity contribution is -0.121. The maximum absolute atomic E-state index is 12.0. The fraction of sp³-hybridized carbons (Fsp3) is 0.222. The first-order chi connectivity index (χ1) is 13.8. The molecule has 4 rings (SSSR count). The van der Waals surface area contributed by atoms with Crippen molar-refractivity contribution in [3.8, 4) is 23.0 Å². The van der Waals surface area contributed by atoms with Crippen molar-refractivity contribution in [2.45, 2.75) is 19.3 Å². The lowest BCUT2D eigenvalue weighted by atomic mass is 10.3. The first-order valence-electron chi connectivity index (χ1n) is 8.73. The fourth-order valence-corrected chi connectivity index (χ4v) is 2.52. The lowest BCUT2D eigenvalue weighted by Crippen LogP contribution is -2.26. The summed E-state index contributed by atoms with van der Waals surface area (Å²) < 4.78 is 10.3. The number of aryl methyl sites for hydroxylation is 1. The number of amides is 1. The molecular weight excluding hydrogens is 362 g/mol. The summed E-state index contributed by atoms with van der Waals surface area (Å²) in [5.74, 6) is 2.45. The van der Waals surface area contributed by atoms with Crippen LogP contribution in [0.15, 0.2) is 51.9 Å². The van der Waals surface area contributed by atoms with Crippen molar-refractivity contribution < 1.29 is 13.7 Å². The Hall–Kier alpha value is -3.82. The van der Waals surface area contributed by atoms with E-state index in [9.17, 15) is 4.79 Å². The van der Waals surface area contributed by atoms with Crippen LogP contribution in [-0.4, -0.2) is 42.8 Å². The zero-order chi connectivity index (χ0) is 19.2. The van der Waals surface area contributed by atoms with Gasteiger partial charge in [-0.25, -0.2) is 4.98 Å². The number of carbonyl (C=O) groups is 1. The Morgan fingerprint density at radius 1 is 1.14 bits per heavy atom. The third-order valence-electron chi connectivity index (χ3n) is 3.91. The zero-order valence-corrected chi connectivity index (χ0v) is 14.8. The van der Waals surface area contributed by atoms with Gasteiger partial charge in [-0.3, -0.25) is 14.9 Å². The van der Waals surface area contributed by atoms with Gasteiger partial charge in [0.1, 0.15) is 5.82 Å². The lowest BCUT2D eigenvalue weighted by Gasteiger charge is -2.02. The van der Waals surface area contributed by atoms with E-state index >= 15 is 0 Å². The van der Waals surface area contributed by atoms with Crippen molar-refractivity contribution in [1.29, 1.82) is 0 Å². The number of nitrogens with one attached hydrogen (secondary N) is 2. The molecule has 0 unspecified atom stereocenters. The predicted octanol–water partition coefficient (Wildman–Crippen LogP) is 1.80. The Bertz CT molecular complexity index is 1020. The quantitative estimate of drug-likeness (QED) is 0.473. The molecule has 0 spiro atoms. The van der Waals surface area contributed by atoms with E-state index in [-0.39, 0.29) is 12.3 Å². The molecule has 2 N–H and O–H groups in total. The standard InChI is InChI=1S/C18H17N7O3/c26-15(5-6-16-22-18(25-28-16)13-4-2-10-27-13)20-9-7-14-21-17(24-23-14)12-3-1-8-19-11-12/h1-4,8,10-11H,5-7,9H2,(H,20,26)(H,21,23,24). The van der Waals surface area contributed by atoms with Crippen molar-refractivity contribution in [2.75, 3.05) is 6.54 Å². The maximum atomic E-state index is 12.0. The average molecular weight is 379 g/mol. The van der Waals surface area contributed by atoms with Gasteiger partial charge in [-0.2, -0.15) is 10.1 Å². The van der Waals surface area contributed by atoms with E-state index in [0.717, 1.165) is 5.56 Å². The van der Waals surface area contributed by atoms with Gasteiger partial charge in [0.25, 0.3) is 0 Å². The predicted molar refractivity (Wildman–Crippen MR) is 96.6 cm³/mol. The molecule has 10 nitrogen and oxygen atoms in total. The largest absolute Gasteiger partial charge is 0.461 e. The van der Waals surface area contributed by atoms with Gasteiger partial charge in [0, 0.05) is 43.8 Å². The number of aromatic amines is 1. The van der Waals surface area contributed by atoms with Gasteiger partial charge in [0.2, 0.25) is 17.6 Å². The van der Waals surface area contributed by atoms with Gasteiger partial charge >= 0.3 is 0 Å². The average Bonchev–Trinajstić information content (AvgIpc) is 3.48. The first-order valence-corrected chi connectivity index (χ1v) is 8.73. The van der Waals surface area contributed by atoms with Crippen LogP contribution in [0.2, 0.25) is 0 Å². The van der Waals surface area contributed by atoms with Crippen LogP contribution in [0.5, 0.6) is 0 Å². The van der Waals surface area contributed by atoms with E-state index in [2.05, 4.69) is 35.6 Å². The minimum Gasteiger partial charge on any atom is -0.461 e. The molecule has 4 heterocycles. The van der Waals surface area contributed by atoms with Crippen molar-refractivity contribution >= 4 is 5.91 Å². The Morgan fingerprint density at radius 3 is 2.93 bits per heavy atom. The highest BCUT2D eigenvalue weighted by Gasteiger charge is 2.12. The molecule has 1 amide bonds. The van der Waals surface area contributed by atoms with E-state index in [1.54, 1.807) is 24.5 Å². The molecule has 4 aromatic rings. The molecule has 0 atom stereocenters. The van der Waals surface area contributed by atoms with Crippen molar-refractivity contribution in [1.82, 2.24) is 35.6 Å². The molecule has 0 aliphatic rings. The van der Waals surface area contributed by atoms with Gasteiger partial charge < -0.3 is 14.3 Å². The molecule has 0 bridgehead atoms. The van der Waals surface area contributed by atoms with Crippen molar-refractivity contribution in [3.05, 3.63) is 54.6 Å². The van der Waals surface area contributed by atoms with E-state index in [1.165, 1.54) is 6.26 Å². The molecule has 0 radical (unpaired) electrons. The Balaban J connectivity index is 1.21. The number of aromatic nitrogens is 6. The number of furan rings is 1. The zero-order valence-electron chi connectivity index (χ0n) is 14.8. The van der Waals surface area contributed by atoms with Gasteiger partial charge in [0.05, 0.1) is 6.26 Å². The summed E-state index contributed by atoms with van der Waals surface area (Å²) >= 11 is 0. The molecular formula is C18H17N7O3. The number of carbonyl (C=O) groups excluding carboxylic acids is 1. The van der Waals surface area contributed by atoms with Crippen LogP contribution in [0.4, 0.5) is 0 Å². The molecule has 10 heteroatoms. The summed E-state index contributed by atoms with van der Waals surface area (Å²) in [6.45, 7) is 0.446. The van der Waals surface area contributed by atoms with Crippen LogP contribution in [0.3, 0.4) is 0 Å². The molecule has 0 aliphatic carbocycles. The SMILES string of the molecule is O=C(CCc1nc(-c2ccco2)no1)NCCc1nc(-c2cccnc2)n[nH]1. The highest BCUT2D eigenvalue weighted by atomic mass is 16.5. The summed E-state index contributed by atoms with van der Waals surface area (Å²) in [7, 11) is 0. The maximum Gasteiger partial charge on any atom is 0.238 e. The minimum absolute atomic E-state index is 0.107. The number of hydrogen-bond acceptors (Lipinski definition) is 8. The van der Waals surface area contributed by atoms with E-state index in [1.807, 2.05) is 12.1 Å². The normalized spacial score (nSPS) is 10.9. The second kappa shape index (κ2) is 8.25. The molecule has 0 fully saturated rings. The molecule has 28 heavy (non-hydrogen) atoms. The molecule has 0 saturated heterocycles. The second-order valence-electron chi connectivity index (χ2n) is 5.94. The highest BCUT2D eigenvalue weighted by Crippen LogP contribution is 2.16. The number of hydrogen-bond donors (Lipinski definition) is 2. The summed E-state index contributed by atoms with van der Waals surface area (Å²) in [5.41, 5.74) is 0.836. The van der Waals surface area contributed by atoms with Crippen LogP contribution >= 0.6 is 0 Å². The Labute approximate surface area is 159 Å². The number of H-pyrrole nitrogens is 1. The van der Waals surface area contributed by atoms with Gasteiger partial charge in [-0.1, -0.05) is 5.16 Å². The smallest absolute Gasteiger partial charge is 0.238 e. The summed E-state index contributed by atoms with van der Waals surface area (Å²) in [6.07, 6.45) is 6.07. The minimum atomic E-state index is -0.107. The van der Waals surface area contributed by atoms with E-state index in [4.69, 9.17) is 8.94 Å². The van der Waals surface area contributed by atoms with E-state index in [0.29, 0.717) is 48.5 Å². The molecule has 142 valence electrons.